The summed E-state index contributed by atoms with van der Waals surface area (Å²) in [5.41, 5.74) is 1.30. The van der Waals surface area contributed by atoms with Crippen LogP contribution in [0.2, 0.25) is 0 Å². The smallest absolute Gasteiger partial charge is 0.350 e. The Labute approximate surface area is 168 Å². The molecule has 2 rings (SSSR count). The van der Waals surface area contributed by atoms with Gasteiger partial charge in [-0.05, 0) is 47.7 Å². The highest BCUT2D eigenvalue weighted by Gasteiger charge is 2.29. The van der Waals surface area contributed by atoms with Gasteiger partial charge in [-0.25, -0.2) is 0 Å². The van der Waals surface area contributed by atoms with Crippen LogP contribution >= 0.6 is 0 Å². The lowest BCUT2D eigenvalue weighted by molar-refractivity contribution is -0.137. The van der Waals surface area contributed by atoms with Crippen molar-refractivity contribution in [1.82, 2.24) is 10.6 Å². The van der Waals surface area contributed by atoms with Crippen molar-refractivity contribution in [3.05, 3.63) is 70.8 Å². The number of halogens is 3. The maximum atomic E-state index is 12.6. The molecule has 0 saturated heterocycles. The van der Waals surface area contributed by atoms with Crippen molar-refractivity contribution in [3.8, 4) is 0 Å². The molecule has 2 N–H and O–H groups in total. The summed E-state index contributed by atoms with van der Waals surface area (Å²) < 4.78 is 37.7. The number of benzene rings is 2. The van der Waals surface area contributed by atoms with Crippen LogP contribution < -0.4 is 10.6 Å². The molecule has 2 aromatic carbocycles. The molecule has 0 aliphatic carbocycles. The molecule has 0 spiro atoms. The summed E-state index contributed by atoms with van der Waals surface area (Å²) in [7, 11) is 0. The van der Waals surface area contributed by atoms with Gasteiger partial charge in [0.15, 0.2) is 0 Å². The van der Waals surface area contributed by atoms with Crippen LogP contribution in [0.3, 0.4) is 0 Å². The third-order valence-corrected chi connectivity index (χ3v) is 4.50. The zero-order valence-electron chi connectivity index (χ0n) is 16.9. The number of carbonyl (C=O) groups is 2. The fourth-order valence-electron chi connectivity index (χ4n) is 2.62. The van der Waals surface area contributed by atoms with Gasteiger partial charge in [0.25, 0.3) is 5.91 Å². The molecule has 0 aliphatic rings. The molecule has 1 unspecified atom stereocenters. The molecule has 0 saturated carbocycles. The van der Waals surface area contributed by atoms with Gasteiger partial charge in [0.1, 0.15) is 6.04 Å². The van der Waals surface area contributed by atoms with Gasteiger partial charge in [-0.2, -0.15) is 13.2 Å². The topological polar surface area (TPSA) is 58.2 Å². The minimum Gasteiger partial charge on any atom is -0.350 e. The van der Waals surface area contributed by atoms with Crippen molar-refractivity contribution in [1.29, 1.82) is 0 Å². The number of amides is 2. The van der Waals surface area contributed by atoms with Gasteiger partial charge < -0.3 is 10.6 Å². The Kier molecular flexibility index (Phi) is 6.72. The van der Waals surface area contributed by atoms with E-state index in [0.29, 0.717) is 11.1 Å². The van der Waals surface area contributed by atoms with Gasteiger partial charge in [0.2, 0.25) is 5.91 Å². The molecule has 0 fully saturated rings. The summed E-state index contributed by atoms with van der Waals surface area (Å²) in [5, 5.41) is 5.23. The van der Waals surface area contributed by atoms with E-state index in [-0.39, 0.29) is 17.9 Å². The van der Waals surface area contributed by atoms with Crippen molar-refractivity contribution >= 4 is 11.8 Å². The lowest BCUT2D eigenvalue weighted by Crippen LogP contribution is -2.44. The van der Waals surface area contributed by atoms with E-state index in [2.05, 4.69) is 31.4 Å². The first-order chi connectivity index (χ1) is 13.4. The number of rotatable bonds is 5. The van der Waals surface area contributed by atoms with Gasteiger partial charge in [0, 0.05) is 12.1 Å². The Morgan fingerprint density at radius 3 is 1.90 bits per heavy atom. The highest BCUT2D eigenvalue weighted by atomic mass is 19.4. The minimum absolute atomic E-state index is 0.0273. The Morgan fingerprint density at radius 1 is 0.897 bits per heavy atom. The number of alkyl halides is 3. The van der Waals surface area contributed by atoms with E-state index in [1.807, 2.05) is 12.1 Å². The lowest BCUT2D eigenvalue weighted by atomic mass is 9.86. The first kappa shape index (κ1) is 22.5. The molecule has 0 aromatic heterocycles. The molecular weight excluding hydrogens is 381 g/mol. The predicted molar refractivity (Wildman–Crippen MR) is 105 cm³/mol. The quantitative estimate of drug-likeness (QED) is 0.771. The molecular formula is C22H25F3N2O2. The predicted octanol–water partition coefficient (Wildman–Crippen LogP) is 4.44. The first-order valence-electron chi connectivity index (χ1n) is 9.23. The average Bonchev–Trinajstić information content (AvgIpc) is 2.65. The third kappa shape index (κ3) is 6.34. The molecule has 0 aliphatic heterocycles. The normalized spacial score (nSPS) is 12.9. The number of carbonyl (C=O) groups excluding carboxylic acids is 2. The van der Waals surface area contributed by atoms with Crippen molar-refractivity contribution in [2.75, 3.05) is 0 Å². The second kappa shape index (κ2) is 8.68. The number of nitrogens with one attached hydrogen (secondary N) is 2. The molecule has 0 bridgehead atoms. The third-order valence-electron chi connectivity index (χ3n) is 4.50. The molecule has 7 heteroatoms. The van der Waals surface area contributed by atoms with Crippen molar-refractivity contribution < 1.29 is 22.8 Å². The van der Waals surface area contributed by atoms with Crippen molar-refractivity contribution in [2.45, 2.75) is 51.9 Å². The lowest BCUT2D eigenvalue weighted by Gasteiger charge is -2.19. The Morgan fingerprint density at radius 2 is 1.41 bits per heavy atom. The standard InChI is InChI=1S/C22H25F3N2O2/c1-14(27-20(29)16-7-11-17(12-8-16)21(2,3)4)19(28)26-13-15-5-9-18(10-6-15)22(23,24)25/h5-12,14H,13H2,1-4H3,(H,26,28)(H,27,29). The highest BCUT2D eigenvalue weighted by Crippen LogP contribution is 2.29. The molecule has 29 heavy (non-hydrogen) atoms. The summed E-state index contributed by atoms with van der Waals surface area (Å²) >= 11 is 0. The van der Waals surface area contributed by atoms with Crippen LogP contribution in [0.15, 0.2) is 48.5 Å². The average molecular weight is 406 g/mol. The van der Waals surface area contributed by atoms with E-state index < -0.39 is 23.7 Å². The number of hydrogen-bond donors (Lipinski definition) is 2. The summed E-state index contributed by atoms with van der Waals surface area (Å²) in [6, 6.07) is 10.9. The maximum absolute atomic E-state index is 12.6. The summed E-state index contributed by atoms with van der Waals surface area (Å²) in [6.07, 6.45) is -4.40. The van der Waals surface area contributed by atoms with E-state index in [9.17, 15) is 22.8 Å². The molecule has 0 heterocycles. The van der Waals surface area contributed by atoms with Gasteiger partial charge >= 0.3 is 6.18 Å². The van der Waals surface area contributed by atoms with Crippen LogP contribution in [-0.2, 0) is 22.9 Å². The van der Waals surface area contributed by atoms with E-state index in [0.717, 1.165) is 17.7 Å². The van der Waals surface area contributed by atoms with Crippen molar-refractivity contribution in [2.24, 2.45) is 0 Å². The Bertz CT molecular complexity index is 852. The molecule has 2 aromatic rings. The molecule has 0 radical (unpaired) electrons. The highest BCUT2D eigenvalue weighted by molar-refractivity contribution is 5.97. The summed E-state index contributed by atoms with van der Waals surface area (Å²) in [6.45, 7) is 7.84. The Balaban J connectivity index is 1.89. The van der Waals surface area contributed by atoms with Crippen LogP contribution in [0.5, 0.6) is 0 Å². The zero-order chi connectivity index (χ0) is 21.8. The van der Waals surface area contributed by atoms with Gasteiger partial charge in [0.05, 0.1) is 5.56 Å². The second-order valence-electron chi connectivity index (χ2n) is 7.93. The van der Waals surface area contributed by atoms with E-state index in [4.69, 9.17) is 0 Å². The maximum Gasteiger partial charge on any atom is 0.416 e. The summed E-state index contributed by atoms with van der Waals surface area (Å²) in [4.78, 5) is 24.5. The zero-order valence-corrected chi connectivity index (χ0v) is 16.9. The van der Waals surface area contributed by atoms with Gasteiger partial charge in [-0.1, -0.05) is 45.0 Å². The van der Waals surface area contributed by atoms with Gasteiger partial charge in [-0.3, -0.25) is 9.59 Å². The largest absolute Gasteiger partial charge is 0.416 e. The molecule has 156 valence electrons. The Hall–Kier alpha value is -2.83. The van der Waals surface area contributed by atoms with Crippen LogP contribution in [0.1, 0.15) is 54.7 Å². The minimum atomic E-state index is -4.40. The number of hydrogen-bond acceptors (Lipinski definition) is 2. The van der Waals surface area contributed by atoms with Crippen molar-refractivity contribution in [3.63, 3.8) is 0 Å². The first-order valence-corrected chi connectivity index (χ1v) is 9.23. The van der Waals surface area contributed by atoms with Crippen LogP contribution in [0.4, 0.5) is 13.2 Å². The van der Waals surface area contributed by atoms with E-state index in [1.165, 1.54) is 12.1 Å². The van der Waals surface area contributed by atoms with Gasteiger partial charge in [-0.15, -0.1) is 0 Å². The van der Waals surface area contributed by atoms with Crippen LogP contribution in [-0.4, -0.2) is 17.9 Å². The SMILES string of the molecule is CC(NC(=O)c1ccc(C(C)(C)C)cc1)C(=O)NCc1ccc(C(F)(F)F)cc1. The monoisotopic (exact) mass is 406 g/mol. The van der Waals surface area contributed by atoms with Crippen LogP contribution in [0, 0.1) is 0 Å². The van der Waals surface area contributed by atoms with E-state index in [1.54, 1.807) is 19.1 Å². The van der Waals surface area contributed by atoms with Crippen LogP contribution in [0.25, 0.3) is 0 Å². The fourth-order valence-corrected chi connectivity index (χ4v) is 2.62. The fraction of sp³-hybridized carbons (Fsp3) is 0.364. The molecule has 2 amide bonds. The second-order valence-corrected chi connectivity index (χ2v) is 7.93. The molecule has 1 atom stereocenters. The van der Waals surface area contributed by atoms with E-state index >= 15 is 0 Å². The summed E-state index contributed by atoms with van der Waals surface area (Å²) in [5.74, 6) is -0.799. The molecule has 4 nitrogen and oxygen atoms in total.